The van der Waals surface area contributed by atoms with Crippen molar-refractivity contribution in [2.75, 3.05) is 18.4 Å². The molecule has 114 valence electrons. The number of aliphatic carboxylic acids is 1. The lowest BCUT2D eigenvalue weighted by molar-refractivity contribution is -0.138. The monoisotopic (exact) mass is 314 g/mol. The number of hydrogen-bond acceptors (Lipinski definition) is 2. The van der Waals surface area contributed by atoms with E-state index < -0.39 is 17.8 Å². The molecule has 21 heavy (non-hydrogen) atoms. The zero-order valence-corrected chi connectivity index (χ0v) is 12.1. The molecule has 0 aliphatic carbocycles. The van der Waals surface area contributed by atoms with Crippen LogP contribution in [0, 0.1) is 11.7 Å². The van der Waals surface area contributed by atoms with Gasteiger partial charge in [-0.15, -0.1) is 0 Å². The highest BCUT2D eigenvalue weighted by molar-refractivity contribution is 6.30. The average molecular weight is 315 g/mol. The Bertz CT molecular complexity index is 553. The van der Waals surface area contributed by atoms with Crippen molar-refractivity contribution in [3.63, 3.8) is 0 Å². The molecule has 1 aromatic rings. The number of carbonyl (C=O) groups is 2. The van der Waals surface area contributed by atoms with Crippen LogP contribution in [0.3, 0.4) is 0 Å². The molecule has 1 fully saturated rings. The summed E-state index contributed by atoms with van der Waals surface area (Å²) in [5.74, 6) is -1.50. The van der Waals surface area contributed by atoms with Gasteiger partial charge in [0.25, 0.3) is 0 Å². The van der Waals surface area contributed by atoms with Crippen molar-refractivity contribution < 1.29 is 19.1 Å². The van der Waals surface area contributed by atoms with Crippen LogP contribution in [-0.4, -0.2) is 35.1 Å². The SMILES string of the molecule is O=C(O)CC1CCCN(C(=O)Nc2cc(Cl)ccc2F)C1. The molecule has 1 heterocycles. The highest BCUT2D eigenvalue weighted by Gasteiger charge is 2.25. The quantitative estimate of drug-likeness (QED) is 0.900. The van der Waals surface area contributed by atoms with E-state index in [1.165, 1.54) is 23.1 Å². The van der Waals surface area contributed by atoms with Crippen molar-refractivity contribution in [3.8, 4) is 0 Å². The minimum absolute atomic E-state index is 0.0212. The molecule has 0 spiro atoms. The Kier molecular flexibility index (Phi) is 5.01. The Morgan fingerprint density at radius 2 is 2.24 bits per heavy atom. The topological polar surface area (TPSA) is 69.6 Å². The smallest absolute Gasteiger partial charge is 0.321 e. The number of anilines is 1. The van der Waals surface area contributed by atoms with E-state index in [1.807, 2.05) is 0 Å². The van der Waals surface area contributed by atoms with Crippen molar-refractivity contribution in [2.45, 2.75) is 19.3 Å². The van der Waals surface area contributed by atoms with E-state index in [9.17, 15) is 14.0 Å². The van der Waals surface area contributed by atoms with E-state index in [2.05, 4.69) is 5.32 Å². The van der Waals surface area contributed by atoms with Crippen molar-refractivity contribution in [3.05, 3.63) is 29.0 Å². The number of likely N-dealkylation sites (tertiary alicyclic amines) is 1. The Labute approximate surface area is 126 Å². The second kappa shape index (κ2) is 6.76. The fraction of sp³-hybridized carbons (Fsp3) is 0.429. The third-order valence-corrected chi connectivity index (χ3v) is 3.67. The third-order valence-electron chi connectivity index (χ3n) is 3.44. The van der Waals surface area contributed by atoms with Gasteiger partial charge in [-0.3, -0.25) is 4.79 Å². The molecular formula is C14H16ClFN2O3. The number of carboxylic acids is 1. The second-order valence-corrected chi connectivity index (χ2v) is 5.54. The molecule has 2 rings (SSSR count). The summed E-state index contributed by atoms with van der Waals surface area (Å²) >= 11 is 5.77. The molecule has 7 heteroatoms. The first kappa shape index (κ1) is 15.6. The summed E-state index contributed by atoms with van der Waals surface area (Å²) in [7, 11) is 0. The molecule has 1 saturated heterocycles. The van der Waals surface area contributed by atoms with Crippen LogP contribution in [0.2, 0.25) is 5.02 Å². The van der Waals surface area contributed by atoms with Gasteiger partial charge in [0.1, 0.15) is 5.82 Å². The summed E-state index contributed by atoms with van der Waals surface area (Å²) in [4.78, 5) is 24.4. The van der Waals surface area contributed by atoms with Crippen LogP contribution in [0.15, 0.2) is 18.2 Å². The van der Waals surface area contributed by atoms with Gasteiger partial charge < -0.3 is 15.3 Å². The van der Waals surface area contributed by atoms with Gasteiger partial charge in [0.15, 0.2) is 0 Å². The number of nitrogens with one attached hydrogen (secondary N) is 1. The van der Waals surface area contributed by atoms with Crippen LogP contribution in [-0.2, 0) is 4.79 Å². The highest BCUT2D eigenvalue weighted by Crippen LogP contribution is 2.23. The molecule has 2 amide bonds. The Balaban J connectivity index is 1.99. The number of amides is 2. The lowest BCUT2D eigenvalue weighted by atomic mass is 9.95. The van der Waals surface area contributed by atoms with Crippen LogP contribution in [0.4, 0.5) is 14.9 Å². The van der Waals surface area contributed by atoms with Crippen molar-refractivity contribution >= 4 is 29.3 Å². The first-order chi connectivity index (χ1) is 9.95. The lowest BCUT2D eigenvalue weighted by Gasteiger charge is -2.32. The van der Waals surface area contributed by atoms with Gasteiger partial charge >= 0.3 is 12.0 Å². The average Bonchev–Trinajstić information content (AvgIpc) is 2.42. The predicted molar refractivity (Wildman–Crippen MR) is 77.0 cm³/mol. The van der Waals surface area contributed by atoms with Gasteiger partial charge in [-0.05, 0) is 37.0 Å². The molecule has 1 aromatic carbocycles. The molecule has 0 radical (unpaired) electrons. The Morgan fingerprint density at radius 1 is 1.48 bits per heavy atom. The summed E-state index contributed by atoms with van der Waals surface area (Å²) in [5.41, 5.74) is 0.0212. The second-order valence-electron chi connectivity index (χ2n) is 5.11. The Hall–Kier alpha value is -1.82. The molecule has 0 saturated carbocycles. The van der Waals surface area contributed by atoms with Crippen LogP contribution < -0.4 is 5.32 Å². The molecule has 2 N–H and O–H groups in total. The van der Waals surface area contributed by atoms with E-state index in [0.29, 0.717) is 18.1 Å². The van der Waals surface area contributed by atoms with E-state index >= 15 is 0 Å². The standard InChI is InChI=1S/C14H16ClFN2O3/c15-10-3-4-11(16)12(7-10)17-14(21)18-5-1-2-9(8-18)6-13(19)20/h3-4,7,9H,1-2,5-6,8H2,(H,17,21)(H,19,20). The molecule has 1 unspecified atom stereocenters. The number of halogens is 2. The number of rotatable bonds is 3. The molecule has 1 atom stereocenters. The highest BCUT2D eigenvalue weighted by atomic mass is 35.5. The third kappa shape index (κ3) is 4.32. The van der Waals surface area contributed by atoms with Crippen LogP contribution in [0.25, 0.3) is 0 Å². The zero-order chi connectivity index (χ0) is 15.4. The van der Waals surface area contributed by atoms with Gasteiger partial charge in [-0.1, -0.05) is 11.6 Å². The number of carbonyl (C=O) groups excluding carboxylic acids is 1. The van der Waals surface area contributed by atoms with E-state index in [0.717, 1.165) is 12.8 Å². The number of hydrogen-bond donors (Lipinski definition) is 2. The first-order valence-electron chi connectivity index (χ1n) is 6.68. The van der Waals surface area contributed by atoms with Gasteiger partial charge in [0.05, 0.1) is 5.69 Å². The van der Waals surface area contributed by atoms with E-state index in [4.69, 9.17) is 16.7 Å². The molecule has 0 aromatic heterocycles. The van der Waals surface area contributed by atoms with E-state index in [1.54, 1.807) is 0 Å². The number of nitrogens with zero attached hydrogens (tertiary/aromatic N) is 1. The number of carboxylic acid groups (broad SMARTS) is 1. The molecule has 1 aliphatic heterocycles. The maximum absolute atomic E-state index is 13.6. The van der Waals surface area contributed by atoms with Gasteiger partial charge in [0.2, 0.25) is 0 Å². The van der Waals surface area contributed by atoms with Gasteiger partial charge in [0, 0.05) is 24.5 Å². The van der Waals surface area contributed by atoms with E-state index in [-0.39, 0.29) is 18.0 Å². The van der Waals surface area contributed by atoms with Crippen molar-refractivity contribution in [1.82, 2.24) is 4.90 Å². The largest absolute Gasteiger partial charge is 0.481 e. The molecule has 0 bridgehead atoms. The fourth-order valence-corrected chi connectivity index (χ4v) is 2.62. The summed E-state index contributed by atoms with van der Waals surface area (Å²) in [6.07, 6.45) is 1.56. The summed E-state index contributed by atoms with van der Waals surface area (Å²) in [6, 6.07) is 3.48. The number of piperidine rings is 1. The number of benzene rings is 1. The maximum atomic E-state index is 13.6. The van der Waals surface area contributed by atoms with Crippen molar-refractivity contribution in [2.24, 2.45) is 5.92 Å². The minimum atomic E-state index is -0.872. The molecule has 5 nitrogen and oxygen atoms in total. The maximum Gasteiger partial charge on any atom is 0.321 e. The minimum Gasteiger partial charge on any atom is -0.481 e. The normalized spacial score (nSPS) is 18.4. The van der Waals surface area contributed by atoms with Crippen molar-refractivity contribution in [1.29, 1.82) is 0 Å². The summed E-state index contributed by atoms with van der Waals surface area (Å²) in [6.45, 7) is 0.893. The zero-order valence-electron chi connectivity index (χ0n) is 11.3. The van der Waals surface area contributed by atoms with Crippen LogP contribution >= 0.6 is 11.6 Å². The summed E-state index contributed by atoms with van der Waals surface area (Å²) in [5, 5.41) is 11.6. The van der Waals surface area contributed by atoms with Gasteiger partial charge in [-0.2, -0.15) is 0 Å². The molecule has 1 aliphatic rings. The predicted octanol–water partition coefficient (Wildman–Crippen LogP) is 3.20. The lowest BCUT2D eigenvalue weighted by Crippen LogP contribution is -2.42. The fourth-order valence-electron chi connectivity index (χ4n) is 2.45. The van der Waals surface area contributed by atoms with Gasteiger partial charge in [-0.25, -0.2) is 9.18 Å². The Morgan fingerprint density at radius 3 is 2.95 bits per heavy atom. The summed E-state index contributed by atoms with van der Waals surface area (Å²) < 4.78 is 13.6. The first-order valence-corrected chi connectivity index (χ1v) is 7.06. The number of urea groups is 1. The van der Waals surface area contributed by atoms with Crippen LogP contribution in [0.1, 0.15) is 19.3 Å². The van der Waals surface area contributed by atoms with Crippen LogP contribution in [0.5, 0.6) is 0 Å². The molecular weight excluding hydrogens is 299 g/mol.